The van der Waals surface area contributed by atoms with Gasteiger partial charge in [0.15, 0.2) is 0 Å². The zero-order valence-corrected chi connectivity index (χ0v) is 19.2. The first kappa shape index (κ1) is 24.2. The smallest absolute Gasteiger partial charge is 0.319 e. The SMILES string of the molecule is CCC(C)N(Cc1cc(NC(=O)NC(C)C)ccc1N(C)C)C(=O)c1ccc(F)cc1. The van der Waals surface area contributed by atoms with E-state index < -0.39 is 0 Å². The first-order chi connectivity index (χ1) is 14.6. The van der Waals surface area contributed by atoms with Gasteiger partial charge in [-0.25, -0.2) is 9.18 Å². The van der Waals surface area contributed by atoms with Gasteiger partial charge in [-0.15, -0.1) is 0 Å². The fourth-order valence-corrected chi connectivity index (χ4v) is 3.25. The van der Waals surface area contributed by atoms with E-state index in [2.05, 4.69) is 10.6 Å². The summed E-state index contributed by atoms with van der Waals surface area (Å²) in [5, 5.41) is 5.65. The molecule has 1 unspecified atom stereocenters. The molecular formula is C24H33FN4O2. The molecule has 0 spiro atoms. The van der Waals surface area contributed by atoms with Crippen molar-refractivity contribution in [3.05, 3.63) is 59.4 Å². The minimum absolute atomic E-state index is 0.0200. The average molecular weight is 429 g/mol. The van der Waals surface area contributed by atoms with Crippen LogP contribution in [0.2, 0.25) is 0 Å². The van der Waals surface area contributed by atoms with Gasteiger partial charge >= 0.3 is 6.03 Å². The first-order valence-electron chi connectivity index (χ1n) is 10.6. The topological polar surface area (TPSA) is 64.7 Å². The van der Waals surface area contributed by atoms with E-state index in [0.29, 0.717) is 17.8 Å². The minimum atomic E-state index is -0.375. The Kier molecular flexibility index (Phi) is 8.42. The van der Waals surface area contributed by atoms with Crippen LogP contribution in [0.3, 0.4) is 0 Å². The van der Waals surface area contributed by atoms with E-state index in [9.17, 15) is 14.0 Å². The highest BCUT2D eigenvalue weighted by atomic mass is 19.1. The predicted octanol–water partition coefficient (Wildman–Crippen LogP) is 4.86. The number of carbonyl (C=O) groups excluding carboxylic acids is 2. The number of benzene rings is 2. The normalized spacial score (nSPS) is 11.7. The van der Waals surface area contributed by atoms with Crippen molar-refractivity contribution in [3.63, 3.8) is 0 Å². The molecule has 2 rings (SSSR count). The summed E-state index contributed by atoms with van der Waals surface area (Å²) in [5.41, 5.74) is 2.95. The Labute approximate surface area is 184 Å². The molecule has 2 aromatic rings. The van der Waals surface area contributed by atoms with Crippen LogP contribution in [0.5, 0.6) is 0 Å². The second-order valence-corrected chi connectivity index (χ2v) is 8.19. The van der Waals surface area contributed by atoms with Crippen molar-refractivity contribution >= 4 is 23.3 Å². The molecule has 6 nitrogen and oxygen atoms in total. The van der Waals surface area contributed by atoms with Gasteiger partial charge in [-0.3, -0.25) is 4.79 Å². The molecule has 1 atom stereocenters. The van der Waals surface area contributed by atoms with E-state index in [4.69, 9.17) is 0 Å². The minimum Gasteiger partial charge on any atom is -0.377 e. The lowest BCUT2D eigenvalue weighted by molar-refractivity contribution is 0.0672. The van der Waals surface area contributed by atoms with Gasteiger partial charge in [0, 0.05) is 49.7 Å². The molecular weight excluding hydrogens is 395 g/mol. The Morgan fingerprint density at radius 2 is 1.68 bits per heavy atom. The number of halogens is 1. The Hall–Kier alpha value is -3.09. The third-order valence-corrected chi connectivity index (χ3v) is 5.05. The summed E-state index contributed by atoms with van der Waals surface area (Å²) in [6.45, 7) is 8.17. The van der Waals surface area contributed by atoms with Crippen LogP contribution in [0.25, 0.3) is 0 Å². The number of anilines is 2. The van der Waals surface area contributed by atoms with E-state index in [0.717, 1.165) is 17.7 Å². The number of carbonyl (C=O) groups is 2. The summed E-state index contributed by atoms with van der Waals surface area (Å²) in [4.78, 5) is 29.1. The van der Waals surface area contributed by atoms with Crippen molar-refractivity contribution in [2.24, 2.45) is 0 Å². The van der Waals surface area contributed by atoms with Gasteiger partial charge in [0.05, 0.1) is 0 Å². The van der Waals surface area contributed by atoms with Gasteiger partial charge in [-0.05, 0) is 75.2 Å². The van der Waals surface area contributed by atoms with Crippen molar-refractivity contribution in [2.45, 2.75) is 52.7 Å². The molecule has 7 heteroatoms. The fourth-order valence-electron chi connectivity index (χ4n) is 3.25. The van der Waals surface area contributed by atoms with Crippen molar-refractivity contribution in [1.82, 2.24) is 10.2 Å². The molecule has 3 amide bonds. The highest BCUT2D eigenvalue weighted by molar-refractivity contribution is 5.94. The highest BCUT2D eigenvalue weighted by Gasteiger charge is 2.23. The third kappa shape index (κ3) is 6.70. The molecule has 31 heavy (non-hydrogen) atoms. The van der Waals surface area contributed by atoms with Gasteiger partial charge in [0.1, 0.15) is 5.82 Å². The summed E-state index contributed by atoms with van der Waals surface area (Å²) in [6, 6.07) is 11.0. The molecule has 0 saturated carbocycles. The Morgan fingerprint density at radius 1 is 1.03 bits per heavy atom. The lowest BCUT2D eigenvalue weighted by Crippen LogP contribution is -2.38. The number of urea groups is 1. The number of rotatable bonds is 8. The molecule has 0 radical (unpaired) electrons. The fraction of sp³-hybridized carbons (Fsp3) is 0.417. The van der Waals surface area contributed by atoms with Crippen LogP contribution >= 0.6 is 0 Å². The standard InChI is InChI=1S/C24H33FN4O2/c1-7-17(4)29(23(30)18-8-10-20(25)11-9-18)15-19-14-21(12-13-22(19)28(5)6)27-24(31)26-16(2)3/h8-14,16-17H,7,15H2,1-6H3,(H2,26,27,31). The van der Waals surface area contributed by atoms with Crippen LogP contribution in [-0.4, -0.2) is 43.0 Å². The quantitative estimate of drug-likeness (QED) is 0.631. The van der Waals surface area contributed by atoms with E-state index >= 15 is 0 Å². The third-order valence-electron chi connectivity index (χ3n) is 5.05. The van der Waals surface area contributed by atoms with Gasteiger partial charge in [0.25, 0.3) is 5.91 Å². The number of nitrogens with zero attached hydrogens (tertiary/aromatic N) is 2. The zero-order valence-electron chi connectivity index (χ0n) is 19.2. The van der Waals surface area contributed by atoms with Gasteiger partial charge < -0.3 is 20.4 Å². The molecule has 0 saturated heterocycles. The van der Waals surface area contributed by atoms with Gasteiger partial charge in [-0.2, -0.15) is 0 Å². The van der Waals surface area contributed by atoms with Crippen LogP contribution in [0.1, 0.15) is 50.0 Å². The molecule has 168 valence electrons. The molecule has 0 aliphatic heterocycles. The molecule has 0 fully saturated rings. The number of nitrogens with one attached hydrogen (secondary N) is 2. The van der Waals surface area contributed by atoms with Crippen LogP contribution in [0, 0.1) is 5.82 Å². The van der Waals surface area contributed by atoms with Crippen LogP contribution < -0.4 is 15.5 Å². The molecule has 0 heterocycles. The second kappa shape index (κ2) is 10.8. The Bertz CT molecular complexity index is 897. The predicted molar refractivity (Wildman–Crippen MR) is 124 cm³/mol. The lowest BCUT2D eigenvalue weighted by atomic mass is 10.1. The first-order valence-corrected chi connectivity index (χ1v) is 10.6. The van der Waals surface area contributed by atoms with Crippen LogP contribution in [-0.2, 0) is 6.54 Å². The van der Waals surface area contributed by atoms with Gasteiger partial charge in [-0.1, -0.05) is 6.92 Å². The summed E-state index contributed by atoms with van der Waals surface area (Å²) < 4.78 is 13.3. The zero-order chi connectivity index (χ0) is 23.1. The van der Waals surface area contributed by atoms with Crippen LogP contribution in [0.15, 0.2) is 42.5 Å². The van der Waals surface area contributed by atoms with E-state index in [1.54, 1.807) is 4.90 Å². The maximum atomic E-state index is 13.3. The summed E-state index contributed by atoms with van der Waals surface area (Å²) in [6.07, 6.45) is 0.777. The number of hydrogen-bond acceptors (Lipinski definition) is 3. The Balaban J connectivity index is 2.37. The molecule has 0 aliphatic carbocycles. The second-order valence-electron chi connectivity index (χ2n) is 8.19. The van der Waals surface area contributed by atoms with Crippen molar-refractivity contribution < 1.29 is 14.0 Å². The van der Waals surface area contributed by atoms with Crippen molar-refractivity contribution in [1.29, 1.82) is 0 Å². The summed E-state index contributed by atoms with van der Waals surface area (Å²) >= 11 is 0. The number of amides is 3. The lowest BCUT2D eigenvalue weighted by Gasteiger charge is -2.31. The molecule has 0 aliphatic rings. The monoisotopic (exact) mass is 428 g/mol. The van der Waals surface area contributed by atoms with E-state index in [-0.39, 0.29) is 29.8 Å². The van der Waals surface area contributed by atoms with Crippen LogP contribution in [0.4, 0.5) is 20.6 Å². The van der Waals surface area contributed by atoms with E-state index in [1.807, 2.05) is 64.9 Å². The summed E-state index contributed by atoms with van der Waals surface area (Å²) in [5.74, 6) is -0.532. The number of hydrogen-bond donors (Lipinski definition) is 2. The molecule has 2 N–H and O–H groups in total. The largest absolute Gasteiger partial charge is 0.377 e. The van der Waals surface area contributed by atoms with Crippen molar-refractivity contribution in [3.8, 4) is 0 Å². The summed E-state index contributed by atoms with van der Waals surface area (Å²) in [7, 11) is 3.87. The van der Waals surface area contributed by atoms with E-state index in [1.165, 1.54) is 24.3 Å². The average Bonchev–Trinajstić information content (AvgIpc) is 2.70. The molecule has 0 aromatic heterocycles. The maximum Gasteiger partial charge on any atom is 0.319 e. The maximum absolute atomic E-state index is 13.3. The van der Waals surface area contributed by atoms with Gasteiger partial charge in [0.2, 0.25) is 0 Å². The van der Waals surface area contributed by atoms with Crippen molar-refractivity contribution in [2.75, 3.05) is 24.3 Å². The highest BCUT2D eigenvalue weighted by Crippen LogP contribution is 2.26. The molecule has 0 bridgehead atoms. The molecule has 2 aromatic carbocycles. The Morgan fingerprint density at radius 3 is 2.23 bits per heavy atom.